The van der Waals surface area contributed by atoms with E-state index >= 15 is 0 Å². The lowest BCUT2D eigenvalue weighted by Crippen LogP contribution is -2.32. The molecule has 1 N–H and O–H groups in total. The maximum atomic E-state index is 12.8. The molecular weight excluding hydrogens is 364 g/mol. The van der Waals surface area contributed by atoms with E-state index in [1.807, 2.05) is 29.2 Å². The molecule has 8 heteroatoms. The van der Waals surface area contributed by atoms with Crippen LogP contribution >= 0.6 is 11.8 Å². The zero-order chi connectivity index (χ0) is 19.2. The van der Waals surface area contributed by atoms with Gasteiger partial charge in [0.1, 0.15) is 5.75 Å². The van der Waals surface area contributed by atoms with Gasteiger partial charge in [-0.2, -0.15) is 0 Å². The van der Waals surface area contributed by atoms with Crippen LogP contribution in [-0.2, 0) is 11.3 Å². The summed E-state index contributed by atoms with van der Waals surface area (Å²) in [6.45, 7) is 3.47. The summed E-state index contributed by atoms with van der Waals surface area (Å²) >= 11 is 1.33. The van der Waals surface area contributed by atoms with Crippen LogP contribution in [0.5, 0.6) is 5.75 Å². The summed E-state index contributed by atoms with van der Waals surface area (Å²) in [6.07, 6.45) is 3.87. The zero-order valence-electron chi connectivity index (χ0n) is 15.8. The van der Waals surface area contributed by atoms with Gasteiger partial charge in [-0.05, 0) is 37.0 Å². The minimum absolute atomic E-state index is 0.0795. The van der Waals surface area contributed by atoms with Crippen molar-refractivity contribution in [1.82, 2.24) is 19.7 Å². The summed E-state index contributed by atoms with van der Waals surface area (Å²) < 4.78 is 6.83. The van der Waals surface area contributed by atoms with Gasteiger partial charge < -0.3 is 9.64 Å². The lowest BCUT2D eigenvalue weighted by Gasteiger charge is -2.25. The number of rotatable bonds is 8. The molecule has 0 saturated carbocycles. The number of thioether (sulfide) groups is 1. The standard InChI is InChI=1S/C19H26N4O3S/c1-3-4-11-23-18(25)20-21-19(23)27-13-17(24)22-12-5-6-16(22)14-7-9-15(26-2)10-8-14/h7-10,16H,3-6,11-13H2,1-2H3,(H,20,25). The fourth-order valence-electron chi connectivity index (χ4n) is 3.37. The van der Waals surface area contributed by atoms with Gasteiger partial charge in [-0.1, -0.05) is 37.2 Å². The topological polar surface area (TPSA) is 80.2 Å². The summed E-state index contributed by atoms with van der Waals surface area (Å²) in [5.41, 5.74) is 0.918. The Morgan fingerprint density at radius 3 is 2.85 bits per heavy atom. The average molecular weight is 391 g/mol. The van der Waals surface area contributed by atoms with Crippen LogP contribution in [0.1, 0.15) is 44.2 Å². The molecule has 1 saturated heterocycles. The number of aromatic nitrogens is 3. The Kier molecular flexibility index (Phi) is 6.60. The van der Waals surface area contributed by atoms with E-state index in [-0.39, 0.29) is 23.4 Å². The van der Waals surface area contributed by atoms with Crippen molar-refractivity contribution in [3.8, 4) is 5.75 Å². The van der Waals surface area contributed by atoms with Crippen LogP contribution in [0.3, 0.4) is 0 Å². The monoisotopic (exact) mass is 390 g/mol. The smallest absolute Gasteiger partial charge is 0.343 e. The second-order valence-electron chi connectivity index (χ2n) is 6.62. The molecule has 0 spiro atoms. The molecule has 1 aromatic heterocycles. The van der Waals surface area contributed by atoms with E-state index in [4.69, 9.17) is 4.74 Å². The van der Waals surface area contributed by atoms with Gasteiger partial charge in [0.2, 0.25) is 5.91 Å². The number of hydrogen-bond donors (Lipinski definition) is 1. The number of amides is 1. The number of ether oxygens (including phenoxy) is 1. The summed E-state index contributed by atoms with van der Waals surface area (Å²) in [6, 6.07) is 8.02. The molecule has 1 fully saturated rings. The SMILES string of the molecule is CCCCn1c(SCC(=O)N2CCCC2c2ccc(OC)cc2)n[nH]c1=O. The molecule has 1 atom stereocenters. The predicted octanol–water partition coefficient (Wildman–Crippen LogP) is 2.84. The van der Waals surface area contributed by atoms with E-state index in [1.54, 1.807) is 11.7 Å². The van der Waals surface area contributed by atoms with E-state index in [0.29, 0.717) is 11.7 Å². The lowest BCUT2D eigenvalue weighted by atomic mass is 10.0. The Labute approximate surface area is 163 Å². The molecule has 1 aromatic carbocycles. The van der Waals surface area contributed by atoms with Crippen molar-refractivity contribution in [2.24, 2.45) is 0 Å². The molecule has 27 heavy (non-hydrogen) atoms. The van der Waals surface area contributed by atoms with E-state index in [1.165, 1.54) is 11.8 Å². The number of likely N-dealkylation sites (tertiary alicyclic amines) is 1. The first-order valence-corrected chi connectivity index (χ1v) is 10.3. The molecule has 0 aliphatic carbocycles. The highest BCUT2D eigenvalue weighted by molar-refractivity contribution is 7.99. The molecule has 2 aromatic rings. The van der Waals surface area contributed by atoms with Crippen molar-refractivity contribution >= 4 is 17.7 Å². The number of aromatic amines is 1. The molecule has 1 aliphatic rings. The molecule has 1 unspecified atom stereocenters. The van der Waals surface area contributed by atoms with Crippen LogP contribution in [0.2, 0.25) is 0 Å². The van der Waals surface area contributed by atoms with Gasteiger partial charge in [-0.3, -0.25) is 9.36 Å². The third-order valence-corrected chi connectivity index (χ3v) is 5.82. The van der Waals surface area contributed by atoms with Crippen LogP contribution in [0.15, 0.2) is 34.2 Å². The summed E-state index contributed by atoms with van der Waals surface area (Å²) in [7, 11) is 1.65. The fraction of sp³-hybridized carbons (Fsp3) is 0.526. The molecule has 3 rings (SSSR count). The van der Waals surface area contributed by atoms with Crippen molar-refractivity contribution < 1.29 is 9.53 Å². The van der Waals surface area contributed by atoms with E-state index in [0.717, 1.165) is 43.5 Å². The van der Waals surface area contributed by atoms with Crippen molar-refractivity contribution in [3.05, 3.63) is 40.3 Å². The second kappa shape index (κ2) is 9.12. The minimum Gasteiger partial charge on any atom is -0.497 e. The Morgan fingerprint density at radius 2 is 2.15 bits per heavy atom. The second-order valence-corrected chi connectivity index (χ2v) is 7.57. The molecule has 7 nitrogen and oxygen atoms in total. The van der Waals surface area contributed by atoms with Gasteiger partial charge in [0, 0.05) is 13.1 Å². The van der Waals surface area contributed by atoms with Crippen LogP contribution in [0.4, 0.5) is 0 Å². The van der Waals surface area contributed by atoms with Crippen LogP contribution in [0.25, 0.3) is 0 Å². The molecule has 146 valence electrons. The average Bonchev–Trinajstić information content (AvgIpc) is 3.31. The molecular formula is C19H26N4O3S. The quantitative estimate of drug-likeness (QED) is 0.701. The van der Waals surface area contributed by atoms with Gasteiger partial charge in [0.05, 0.1) is 18.9 Å². The van der Waals surface area contributed by atoms with Crippen molar-refractivity contribution in [3.63, 3.8) is 0 Å². The van der Waals surface area contributed by atoms with E-state index in [2.05, 4.69) is 17.1 Å². The number of nitrogens with one attached hydrogen (secondary N) is 1. The highest BCUT2D eigenvalue weighted by atomic mass is 32.2. The van der Waals surface area contributed by atoms with Crippen LogP contribution in [-0.4, -0.2) is 45.0 Å². The Morgan fingerprint density at radius 1 is 1.37 bits per heavy atom. The normalized spacial score (nSPS) is 16.7. The first-order valence-electron chi connectivity index (χ1n) is 9.35. The molecule has 1 amide bonds. The third-order valence-electron chi connectivity index (χ3n) is 4.86. The fourth-order valence-corrected chi connectivity index (χ4v) is 4.23. The number of carbonyl (C=O) groups is 1. The maximum Gasteiger partial charge on any atom is 0.343 e. The number of benzene rings is 1. The number of unbranched alkanes of at least 4 members (excludes halogenated alkanes) is 1. The Balaban J connectivity index is 1.64. The largest absolute Gasteiger partial charge is 0.497 e. The first-order chi connectivity index (χ1) is 13.1. The number of H-pyrrole nitrogens is 1. The molecule has 2 heterocycles. The van der Waals surface area contributed by atoms with Crippen molar-refractivity contribution in [2.45, 2.75) is 50.4 Å². The third kappa shape index (κ3) is 4.55. The van der Waals surface area contributed by atoms with Gasteiger partial charge in [0.15, 0.2) is 5.16 Å². The van der Waals surface area contributed by atoms with E-state index in [9.17, 15) is 9.59 Å². The van der Waals surface area contributed by atoms with E-state index < -0.39 is 0 Å². The number of carbonyl (C=O) groups excluding carboxylic acids is 1. The maximum absolute atomic E-state index is 12.8. The van der Waals surface area contributed by atoms with Gasteiger partial charge >= 0.3 is 5.69 Å². The van der Waals surface area contributed by atoms with Crippen LogP contribution < -0.4 is 10.4 Å². The predicted molar refractivity (Wildman–Crippen MR) is 105 cm³/mol. The number of hydrogen-bond acceptors (Lipinski definition) is 5. The molecule has 0 bridgehead atoms. The van der Waals surface area contributed by atoms with Crippen molar-refractivity contribution in [2.75, 3.05) is 19.4 Å². The van der Waals surface area contributed by atoms with Gasteiger partial charge in [-0.15, -0.1) is 5.10 Å². The molecule has 0 radical (unpaired) electrons. The minimum atomic E-state index is -0.212. The zero-order valence-corrected chi connectivity index (χ0v) is 16.6. The van der Waals surface area contributed by atoms with Crippen molar-refractivity contribution in [1.29, 1.82) is 0 Å². The number of methoxy groups -OCH3 is 1. The summed E-state index contributed by atoms with van der Waals surface area (Å²) in [5.74, 6) is 1.17. The summed E-state index contributed by atoms with van der Waals surface area (Å²) in [5, 5.41) is 7.14. The summed E-state index contributed by atoms with van der Waals surface area (Å²) in [4.78, 5) is 26.6. The lowest BCUT2D eigenvalue weighted by molar-refractivity contribution is -0.129. The van der Waals surface area contributed by atoms with Crippen LogP contribution in [0, 0.1) is 0 Å². The highest BCUT2D eigenvalue weighted by Crippen LogP contribution is 2.33. The van der Waals surface area contributed by atoms with Gasteiger partial charge in [0.25, 0.3) is 0 Å². The Hall–Kier alpha value is -2.22. The number of nitrogens with zero attached hydrogens (tertiary/aromatic N) is 3. The van der Waals surface area contributed by atoms with Gasteiger partial charge in [-0.25, -0.2) is 9.89 Å². The first kappa shape index (κ1) is 19.5. The molecule has 1 aliphatic heterocycles. The highest BCUT2D eigenvalue weighted by Gasteiger charge is 2.30. The Bertz CT molecular complexity index is 815.